The molecule has 0 N–H and O–H groups in total. The van der Waals surface area contributed by atoms with Gasteiger partial charge < -0.3 is 9.32 Å². The van der Waals surface area contributed by atoms with Crippen LogP contribution < -0.4 is 4.90 Å². The molecule has 0 saturated heterocycles. The molecule has 1 aliphatic rings. The number of benzene rings is 9. The van der Waals surface area contributed by atoms with Gasteiger partial charge in [-0.15, -0.1) is 11.3 Å². The van der Waals surface area contributed by atoms with Crippen LogP contribution in [0.1, 0.15) is 25.0 Å². The number of rotatable bonds is 5. The lowest BCUT2D eigenvalue weighted by molar-refractivity contribution is 0.660. The van der Waals surface area contributed by atoms with Gasteiger partial charge in [-0.2, -0.15) is 0 Å². The zero-order valence-corrected chi connectivity index (χ0v) is 33.0. The molecule has 12 rings (SSSR count). The van der Waals surface area contributed by atoms with Gasteiger partial charge in [-0.1, -0.05) is 147 Å². The second-order valence-corrected chi connectivity index (χ2v) is 17.1. The summed E-state index contributed by atoms with van der Waals surface area (Å²) in [6, 6.07) is 68.8. The van der Waals surface area contributed by atoms with Gasteiger partial charge in [-0.3, -0.25) is 0 Å². The van der Waals surface area contributed by atoms with Gasteiger partial charge in [-0.25, -0.2) is 0 Å². The fourth-order valence-electron chi connectivity index (χ4n) is 9.64. The number of hydrogen-bond acceptors (Lipinski definition) is 3. The van der Waals surface area contributed by atoms with Crippen LogP contribution in [0.3, 0.4) is 0 Å². The van der Waals surface area contributed by atoms with E-state index in [0.717, 1.165) is 50.1 Å². The molecule has 0 unspecified atom stereocenters. The maximum absolute atomic E-state index is 6.82. The Balaban J connectivity index is 1.05. The third-order valence-corrected chi connectivity index (χ3v) is 13.7. The van der Waals surface area contributed by atoms with Gasteiger partial charge in [0.25, 0.3) is 0 Å². The molecule has 0 aliphatic heterocycles. The van der Waals surface area contributed by atoms with Crippen molar-refractivity contribution in [3.63, 3.8) is 0 Å². The fourth-order valence-corrected chi connectivity index (χ4v) is 10.9. The maximum Gasteiger partial charge on any atom is 0.143 e. The third kappa shape index (κ3) is 4.90. The molecule has 2 heterocycles. The molecule has 0 fully saturated rings. The van der Waals surface area contributed by atoms with Crippen LogP contribution in [0.4, 0.5) is 17.1 Å². The van der Waals surface area contributed by atoms with E-state index in [1.807, 2.05) is 11.3 Å². The lowest BCUT2D eigenvalue weighted by Gasteiger charge is -2.28. The fraction of sp³-hybridized carbons (Fsp3) is 0.0545. The highest BCUT2D eigenvalue weighted by Gasteiger charge is 2.35. The van der Waals surface area contributed by atoms with E-state index in [1.165, 1.54) is 64.3 Å². The minimum Gasteiger partial charge on any atom is -0.455 e. The summed E-state index contributed by atoms with van der Waals surface area (Å²) in [5.41, 5.74) is 15.1. The number of furan rings is 1. The van der Waals surface area contributed by atoms with Crippen molar-refractivity contribution < 1.29 is 4.42 Å². The van der Waals surface area contributed by atoms with E-state index in [0.29, 0.717) is 0 Å². The number of nitrogens with zero attached hydrogens (tertiary/aromatic N) is 1. The van der Waals surface area contributed by atoms with Crippen molar-refractivity contribution in [3.05, 3.63) is 199 Å². The van der Waals surface area contributed by atoms with E-state index < -0.39 is 0 Å². The van der Waals surface area contributed by atoms with Crippen LogP contribution >= 0.6 is 11.3 Å². The molecule has 11 aromatic rings. The minimum atomic E-state index is -0.125. The Morgan fingerprint density at radius 3 is 2.00 bits per heavy atom. The Bertz CT molecular complexity index is 3420. The summed E-state index contributed by atoms with van der Waals surface area (Å²) >= 11 is 1.88. The predicted molar refractivity (Wildman–Crippen MR) is 247 cm³/mol. The highest BCUT2D eigenvalue weighted by molar-refractivity contribution is 7.26. The highest BCUT2D eigenvalue weighted by Crippen LogP contribution is 2.51. The zero-order chi connectivity index (χ0) is 38.5. The molecule has 3 heteroatoms. The van der Waals surface area contributed by atoms with E-state index in [2.05, 4.69) is 207 Å². The van der Waals surface area contributed by atoms with Crippen molar-refractivity contribution in [2.75, 3.05) is 4.90 Å². The van der Waals surface area contributed by atoms with E-state index in [-0.39, 0.29) is 5.41 Å². The number of fused-ring (bicyclic) bond motifs is 10. The normalized spacial score (nSPS) is 13.1. The van der Waals surface area contributed by atoms with Gasteiger partial charge in [0.15, 0.2) is 0 Å². The first-order valence-electron chi connectivity index (χ1n) is 20.0. The average molecular weight is 760 g/mol. The van der Waals surface area contributed by atoms with Crippen LogP contribution in [0.25, 0.3) is 86.3 Å². The van der Waals surface area contributed by atoms with E-state index in [9.17, 15) is 0 Å². The SMILES string of the molecule is CC1(C)c2ccccc2-c2ccc(N(c3ccc(-c4cccc5c4sc4ccccc45)cc3)c3ccc4oc5c(-c6ccccc6)c6ccccc6cc5c4c3)cc21. The van der Waals surface area contributed by atoms with Crippen LogP contribution in [0, 0.1) is 0 Å². The second-order valence-electron chi connectivity index (χ2n) is 16.1. The summed E-state index contributed by atoms with van der Waals surface area (Å²) in [6.45, 7) is 4.71. The van der Waals surface area contributed by atoms with E-state index in [4.69, 9.17) is 4.42 Å². The van der Waals surface area contributed by atoms with Crippen LogP contribution in [-0.2, 0) is 5.41 Å². The van der Waals surface area contributed by atoms with Gasteiger partial charge in [0.2, 0.25) is 0 Å². The first-order chi connectivity index (χ1) is 28.5. The molecule has 9 aromatic carbocycles. The monoisotopic (exact) mass is 759 g/mol. The quantitative estimate of drug-likeness (QED) is 0.174. The van der Waals surface area contributed by atoms with E-state index >= 15 is 0 Å². The lowest BCUT2D eigenvalue weighted by atomic mass is 9.82. The summed E-state index contributed by atoms with van der Waals surface area (Å²) < 4.78 is 9.47. The van der Waals surface area contributed by atoms with Gasteiger partial charge in [0, 0.05) is 59.0 Å². The molecule has 2 aromatic heterocycles. The zero-order valence-electron chi connectivity index (χ0n) is 32.2. The average Bonchev–Trinajstić information content (AvgIpc) is 3.91. The van der Waals surface area contributed by atoms with Crippen molar-refractivity contribution in [1.29, 1.82) is 0 Å². The number of hydrogen-bond donors (Lipinski definition) is 0. The van der Waals surface area contributed by atoms with Crippen LogP contribution in [0.15, 0.2) is 192 Å². The summed E-state index contributed by atoms with van der Waals surface area (Å²) in [6.07, 6.45) is 0. The van der Waals surface area contributed by atoms with Crippen LogP contribution in [0.2, 0.25) is 0 Å². The largest absolute Gasteiger partial charge is 0.455 e. The van der Waals surface area contributed by atoms with Crippen molar-refractivity contribution in [3.8, 4) is 33.4 Å². The summed E-state index contributed by atoms with van der Waals surface area (Å²) in [4.78, 5) is 2.42. The molecule has 0 bridgehead atoms. The first kappa shape index (κ1) is 33.2. The molecule has 2 nitrogen and oxygen atoms in total. The summed E-state index contributed by atoms with van der Waals surface area (Å²) in [5.74, 6) is 0. The van der Waals surface area contributed by atoms with Crippen LogP contribution in [0.5, 0.6) is 0 Å². The molecule has 1 aliphatic carbocycles. The highest BCUT2D eigenvalue weighted by atomic mass is 32.1. The summed E-state index contributed by atoms with van der Waals surface area (Å²) in [5, 5.41) is 7.24. The maximum atomic E-state index is 6.82. The Hall–Kier alpha value is -6.94. The molecule has 0 amide bonds. The second kappa shape index (κ2) is 12.5. The minimum absolute atomic E-state index is 0.125. The first-order valence-corrected chi connectivity index (χ1v) is 20.8. The van der Waals surface area contributed by atoms with Gasteiger partial charge in [0.1, 0.15) is 11.2 Å². The molecular formula is C55H37NOS. The van der Waals surface area contributed by atoms with Gasteiger partial charge in [0.05, 0.1) is 0 Å². The van der Waals surface area contributed by atoms with Crippen molar-refractivity contribution in [1.82, 2.24) is 0 Å². The number of anilines is 3. The standard InChI is InChI=1S/C55H37NOS/c1-55(2)48-21-10-8-17-42(48)43-29-27-39(33-49(43)55)56(37-25-23-34(24-26-37)41-19-12-20-45-44-18-9-11-22-51(44)58-54(41)45)38-28-30-50-46(32-38)47-31-36-15-6-7-16-40(36)52(53(47)57-50)35-13-4-3-5-14-35/h3-33H,1-2H3. The molecule has 0 radical (unpaired) electrons. The Kier molecular flexibility index (Phi) is 7.18. The smallest absolute Gasteiger partial charge is 0.143 e. The van der Waals surface area contributed by atoms with Crippen molar-refractivity contribution >= 4 is 81.3 Å². The molecule has 58 heavy (non-hydrogen) atoms. The van der Waals surface area contributed by atoms with Gasteiger partial charge in [-0.05, 0) is 104 Å². The predicted octanol–water partition coefficient (Wildman–Crippen LogP) is 16.2. The lowest BCUT2D eigenvalue weighted by Crippen LogP contribution is -2.16. The topological polar surface area (TPSA) is 16.4 Å². The Morgan fingerprint density at radius 1 is 0.448 bits per heavy atom. The summed E-state index contributed by atoms with van der Waals surface area (Å²) in [7, 11) is 0. The van der Waals surface area contributed by atoms with Crippen LogP contribution in [-0.4, -0.2) is 0 Å². The Labute approximate surface area is 340 Å². The Morgan fingerprint density at radius 2 is 1.12 bits per heavy atom. The molecule has 274 valence electrons. The third-order valence-electron chi connectivity index (χ3n) is 12.5. The molecule has 0 saturated carbocycles. The molecule has 0 spiro atoms. The number of thiophene rings is 1. The van der Waals surface area contributed by atoms with E-state index in [1.54, 1.807) is 0 Å². The van der Waals surface area contributed by atoms with Gasteiger partial charge >= 0.3 is 0 Å². The van der Waals surface area contributed by atoms with Crippen molar-refractivity contribution in [2.24, 2.45) is 0 Å². The molecule has 0 atom stereocenters. The van der Waals surface area contributed by atoms with Crippen molar-refractivity contribution in [2.45, 2.75) is 19.3 Å². The molecular weight excluding hydrogens is 723 g/mol.